The van der Waals surface area contributed by atoms with Crippen LogP contribution < -0.4 is 9.47 Å². The van der Waals surface area contributed by atoms with E-state index < -0.39 is 0 Å². The molecule has 0 radical (unpaired) electrons. The average Bonchev–Trinajstić information content (AvgIpc) is 3.23. The first-order valence-electron chi connectivity index (χ1n) is 8.27. The van der Waals surface area contributed by atoms with Crippen LogP contribution in [0.4, 0.5) is 0 Å². The van der Waals surface area contributed by atoms with Crippen LogP contribution in [0, 0.1) is 5.92 Å². The van der Waals surface area contributed by atoms with E-state index in [0.717, 1.165) is 36.5 Å². The first kappa shape index (κ1) is 15.1. The summed E-state index contributed by atoms with van der Waals surface area (Å²) >= 11 is 0. The van der Waals surface area contributed by atoms with Gasteiger partial charge < -0.3 is 18.8 Å². The van der Waals surface area contributed by atoms with Crippen LogP contribution in [0.2, 0.25) is 0 Å². The summed E-state index contributed by atoms with van der Waals surface area (Å²) in [5.41, 5.74) is 2.37. The largest absolute Gasteiger partial charge is 0.493 e. The van der Waals surface area contributed by atoms with Crippen molar-refractivity contribution in [1.29, 1.82) is 0 Å². The molecule has 24 heavy (non-hydrogen) atoms. The maximum absolute atomic E-state index is 12.8. The minimum atomic E-state index is 0.0674. The molecule has 2 aliphatic rings. The zero-order chi connectivity index (χ0) is 16.7. The summed E-state index contributed by atoms with van der Waals surface area (Å²) in [6.45, 7) is 1.39. The first-order valence-corrected chi connectivity index (χ1v) is 8.27. The average molecular weight is 327 g/mol. The van der Waals surface area contributed by atoms with Crippen LogP contribution in [0.1, 0.15) is 29.2 Å². The zero-order valence-electron chi connectivity index (χ0n) is 14.0. The molecule has 1 amide bonds. The Labute approximate surface area is 141 Å². The normalized spacial score (nSPS) is 22.0. The van der Waals surface area contributed by atoms with Crippen molar-refractivity contribution in [2.45, 2.75) is 25.3 Å². The summed E-state index contributed by atoms with van der Waals surface area (Å²) in [6, 6.07) is 7.86. The van der Waals surface area contributed by atoms with Crippen LogP contribution in [-0.2, 0) is 17.8 Å². The first-order chi connectivity index (χ1) is 11.7. The number of ether oxygens (including phenoxy) is 2. The quantitative estimate of drug-likeness (QED) is 0.866. The molecule has 1 aromatic heterocycles. The van der Waals surface area contributed by atoms with E-state index in [1.165, 1.54) is 5.56 Å². The fourth-order valence-corrected chi connectivity index (χ4v) is 3.59. The molecule has 1 fully saturated rings. The van der Waals surface area contributed by atoms with Gasteiger partial charge in [0.05, 0.1) is 20.5 Å². The van der Waals surface area contributed by atoms with E-state index in [-0.39, 0.29) is 17.7 Å². The van der Waals surface area contributed by atoms with E-state index in [0.29, 0.717) is 12.3 Å². The van der Waals surface area contributed by atoms with Crippen LogP contribution in [-0.4, -0.2) is 31.6 Å². The monoisotopic (exact) mass is 327 g/mol. The van der Waals surface area contributed by atoms with Gasteiger partial charge in [-0.1, -0.05) is 0 Å². The molecule has 1 aromatic carbocycles. The summed E-state index contributed by atoms with van der Waals surface area (Å²) in [4.78, 5) is 14.7. The van der Waals surface area contributed by atoms with Crippen molar-refractivity contribution in [2.24, 2.45) is 5.92 Å². The lowest BCUT2D eigenvalue weighted by Crippen LogP contribution is -2.37. The van der Waals surface area contributed by atoms with E-state index >= 15 is 0 Å². The number of carbonyl (C=O) groups is 1. The van der Waals surface area contributed by atoms with Gasteiger partial charge in [0.15, 0.2) is 11.5 Å². The van der Waals surface area contributed by atoms with Gasteiger partial charge in [-0.2, -0.15) is 0 Å². The third-order valence-corrected chi connectivity index (χ3v) is 5.05. The topological polar surface area (TPSA) is 51.9 Å². The van der Waals surface area contributed by atoms with Gasteiger partial charge in [0.1, 0.15) is 5.76 Å². The Hall–Kier alpha value is -2.43. The Balaban J connectivity index is 1.49. The molecule has 5 nitrogen and oxygen atoms in total. The predicted octanol–water partition coefficient (Wildman–Crippen LogP) is 2.99. The number of methoxy groups -OCH3 is 2. The van der Waals surface area contributed by atoms with Crippen LogP contribution in [0.25, 0.3) is 0 Å². The van der Waals surface area contributed by atoms with Crippen LogP contribution in [0.5, 0.6) is 11.5 Å². The molecule has 1 saturated carbocycles. The number of furan rings is 1. The van der Waals surface area contributed by atoms with Crippen molar-refractivity contribution in [3.05, 3.63) is 47.4 Å². The fourth-order valence-electron chi connectivity index (χ4n) is 3.59. The SMILES string of the molecule is COc1cc2c(cc1OC)CN(C(=O)[C@H]1C[C@H]1c1ccco1)CC2. The molecule has 126 valence electrons. The highest BCUT2D eigenvalue weighted by molar-refractivity contribution is 5.83. The second-order valence-corrected chi connectivity index (χ2v) is 6.45. The molecule has 0 N–H and O–H groups in total. The molecule has 0 unspecified atom stereocenters. The van der Waals surface area contributed by atoms with Gasteiger partial charge in [0, 0.05) is 24.9 Å². The highest BCUT2D eigenvalue weighted by Crippen LogP contribution is 2.49. The molecule has 4 rings (SSSR count). The van der Waals surface area contributed by atoms with Crippen molar-refractivity contribution < 1.29 is 18.7 Å². The second kappa shape index (κ2) is 5.89. The third-order valence-electron chi connectivity index (χ3n) is 5.05. The number of benzene rings is 1. The molecule has 1 aliphatic carbocycles. The maximum atomic E-state index is 12.8. The maximum Gasteiger partial charge on any atom is 0.226 e. The van der Waals surface area contributed by atoms with Gasteiger partial charge >= 0.3 is 0 Å². The Morgan fingerprint density at radius 2 is 1.96 bits per heavy atom. The van der Waals surface area contributed by atoms with Crippen molar-refractivity contribution in [3.63, 3.8) is 0 Å². The smallest absolute Gasteiger partial charge is 0.226 e. The number of hydrogen-bond acceptors (Lipinski definition) is 4. The fraction of sp³-hybridized carbons (Fsp3) is 0.421. The molecule has 2 aromatic rings. The summed E-state index contributed by atoms with van der Waals surface area (Å²) in [6.07, 6.45) is 3.41. The molecule has 2 heterocycles. The molecule has 0 spiro atoms. The van der Waals surface area contributed by atoms with E-state index in [1.54, 1.807) is 20.5 Å². The highest BCUT2D eigenvalue weighted by atomic mass is 16.5. The Bertz CT molecular complexity index is 753. The summed E-state index contributed by atoms with van der Waals surface area (Å²) in [7, 11) is 3.28. The van der Waals surface area contributed by atoms with Crippen LogP contribution >= 0.6 is 0 Å². The number of nitrogens with zero attached hydrogens (tertiary/aromatic N) is 1. The molecule has 1 aliphatic heterocycles. The zero-order valence-corrected chi connectivity index (χ0v) is 14.0. The van der Waals surface area contributed by atoms with E-state index in [1.807, 2.05) is 29.2 Å². The molecule has 2 atom stereocenters. The number of amides is 1. The van der Waals surface area contributed by atoms with Crippen molar-refractivity contribution >= 4 is 5.91 Å². The number of hydrogen-bond donors (Lipinski definition) is 0. The van der Waals surface area contributed by atoms with Crippen molar-refractivity contribution in [1.82, 2.24) is 4.90 Å². The lowest BCUT2D eigenvalue weighted by Gasteiger charge is -2.30. The minimum absolute atomic E-state index is 0.0674. The number of carbonyl (C=O) groups excluding carboxylic acids is 1. The van der Waals surface area contributed by atoms with Crippen molar-refractivity contribution in [2.75, 3.05) is 20.8 Å². The molecule has 5 heteroatoms. The molecular weight excluding hydrogens is 306 g/mol. The van der Waals surface area contributed by atoms with Crippen LogP contribution in [0.15, 0.2) is 34.9 Å². The van der Waals surface area contributed by atoms with Gasteiger partial charge in [-0.25, -0.2) is 0 Å². The number of rotatable bonds is 4. The van der Waals surface area contributed by atoms with E-state index in [4.69, 9.17) is 13.9 Å². The highest BCUT2D eigenvalue weighted by Gasteiger charge is 2.47. The minimum Gasteiger partial charge on any atom is -0.493 e. The Morgan fingerprint density at radius 3 is 2.62 bits per heavy atom. The van der Waals surface area contributed by atoms with Gasteiger partial charge in [-0.3, -0.25) is 4.79 Å². The van der Waals surface area contributed by atoms with E-state index in [9.17, 15) is 4.79 Å². The van der Waals surface area contributed by atoms with Crippen LogP contribution in [0.3, 0.4) is 0 Å². The van der Waals surface area contributed by atoms with Gasteiger partial charge in [0.25, 0.3) is 0 Å². The molecule has 0 saturated heterocycles. The van der Waals surface area contributed by atoms with Gasteiger partial charge in [0.2, 0.25) is 5.91 Å². The lowest BCUT2D eigenvalue weighted by molar-refractivity contribution is -0.133. The predicted molar refractivity (Wildman–Crippen MR) is 88.2 cm³/mol. The van der Waals surface area contributed by atoms with Gasteiger partial charge in [-0.15, -0.1) is 0 Å². The summed E-state index contributed by atoms with van der Waals surface area (Å²) < 4.78 is 16.2. The van der Waals surface area contributed by atoms with Crippen molar-refractivity contribution in [3.8, 4) is 11.5 Å². The second-order valence-electron chi connectivity index (χ2n) is 6.45. The summed E-state index contributed by atoms with van der Waals surface area (Å²) in [5.74, 6) is 2.94. The standard InChI is InChI=1S/C19H21NO4/c1-22-17-8-12-5-6-20(11-13(12)9-18(17)23-2)19(21)15-10-14(15)16-4-3-7-24-16/h3-4,7-9,14-15H,5-6,10-11H2,1-2H3/t14-,15+/m1/s1. The third kappa shape index (κ3) is 2.54. The molecule has 0 bridgehead atoms. The van der Waals surface area contributed by atoms with E-state index in [2.05, 4.69) is 0 Å². The lowest BCUT2D eigenvalue weighted by atomic mass is 9.98. The summed E-state index contributed by atoms with van der Waals surface area (Å²) in [5, 5.41) is 0. The number of fused-ring (bicyclic) bond motifs is 1. The molecular formula is C19H21NO4. The Morgan fingerprint density at radius 1 is 1.21 bits per heavy atom. The Kier molecular flexibility index (Phi) is 3.71. The van der Waals surface area contributed by atoms with Gasteiger partial charge in [-0.05, 0) is 48.2 Å².